The number of thiazole rings is 1. The van der Waals surface area contributed by atoms with Crippen molar-refractivity contribution in [3.8, 4) is 0 Å². The lowest BCUT2D eigenvalue weighted by Gasteiger charge is -2.03. The van der Waals surface area contributed by atoms with Gasteiger partial charge in [-0.3, -0.25) is 0 Å². The summed E-state index contributed by atoms with van der Waals surface area (Å²) in [5, 5.41) is 4.42. The summed E-state index contributed by atoms with van der Waals surface area (Å²) in [6, 6.07) is 10.5. The molecule has 2 rings (SSSR count). The van der Waals surface area contributed by atoms with Gasteiger partial charge in [-0.15, -0.1) is 11.3 Å². The number of nitrogens with zero attached hydrogens (tertiary/aromatic N) is 1. The molecule has 0 aliphatic heterocycles. The largest absolute Gasteiger partial charge is 0.375 e. The van der Waals surface area contributed by atoms with Gasteiger partial charge in [0.2, 0.25) is 0 Å². The third kappa shape index (κ3) is 5.78. The molecule has 0 radical (unpaired) electrons. The van der Waals surface area contributed by atoms with Crippen molar-refractivity contribution in [2.75, 3.05) is 18.5 Å². The molecule has 0 aliphatic rings. The normalized spacial score (nSPS) is 10.8. The molecule has 0 amide bonds. The summed E-state index contributed by atoms with van der Waals surface area (Å²) in [4.78, 5) is 5.89. The van der Waals surface area contributed by atoms with Crippen molar-refractivity contribution in [1.29, 1.82) is 0 Å². The van der Waals surface area contributed by atoms with Gasteiger partial charge in [-0.05, 0) is 25.3 Å². The van der Waals surface area contributed by atoms with Crippen LogP contribution in [-0.4, -0.2) is 18.1 Å². The van der Waals surface area contributed by atoms with Crippen LogP contribution in [0.1, 0.15) is 42.3 Å². The number of anilines is 1. The molecule has 1 heterocycles. The van der Waals surface area contributed by atoms with Gasteiger partial charge in [-0.1, -0.05) is 50.1 Å². The number of nitrogens with one attached hydrogen (secondary N) is 1. The van der Waals surface area contributed by atoms with Crippen LogP contribution in [0.15, 0.2) is 30.3 Å². The quantitative estimate of drug-likeness (QED) is 0.638. The number of hydrogen-bond acceptors (Lipinski definition) is 4. The van der Waals surface area contributed by atoms with E-state index in [4.69, 9.17) is 4.74 Å². The summed E-state index contributed by atoms with van der Waals surface area (Å²) in [5.41, 5.74) is 2.42. The van der Waals surface area contributed by atoms with E-state index in [1.807, 2.05) is 6.07 Å². The van der Waals surface area contributed by atoms with Gasteiger partial charge in [0.1, 0.15) is 0 Å². The van der Waals surface area contributed by atoms with Gasteiger partial charge >= 0.3 is 0 Å². The van der Waals surface area contributed by atoms with Crippen molar-refractivity contribution in [2.24, 2.45) is 0 Å². The van der Waals surface area contributed by atoms with E-state index in [9.17, 15) is 0 Å². The lowest BCUT2D eigenvalue weighted by molar-refractivity contribution is 0.114. The zero-order chi connectivity index (χ0) is 15.6. The van der Waals surface area contributed by atoms with E-state index >= 15 is 0 Å². The third-order valence-corrected chi connectivity index (χ3v) is 4.53. The fourth-order valence-electron chi connectivity index (χ4n) is 2.22. The Kier molecular flexibility index (Phi) is 7.40. The number of ether oxygens (including phenoxy) is 1. The Hall–Kier alpha value is -1.39. The van der Waals surface area contributed by atoms with Gasteiger partial charge in [-0.2, -0.15) is 0 Å². The molecule has 0 saturated carbocycles. The molecule has 0 fully saturated rings. The molecule has 1 N–H and O–H groups in total. The molecule has 22 heavy (non-hydrogen) atoms. The van der Waals surface area contributed by atoms with Gasteiger partial charge in [0, 0.05) is 18.0 Å². The van der Waals surface area contributed by atoms with Gasteiger partial charge in [-0.25, -0.2) is 4.98 Å². The Labute approximate surface area is 137 Å². The Bertz CT molecular complexity index is 539. The Morgan fingerprint density at radius 3 is 2.77 bits per heavy atom. The highest BCUT2D eigenvalue weighted by atomic mass is 32.1. The maximum atomic E-state index is 5.71. The van der Waals surface area contributed by atoms with Crippen LogP contribution in [0.4, 0.5) is 5.13 Å². The van der Waals surface area contributed by atoms with E-state index in [1.165, 1.54) is 23.3 Å². The highest BCUT2D eigenvalue weighted by Crippen LogP contribution is 2.22. The van der Waals surface area contributed by atoms with Crippen LogP contribution < -0.4 is 5.32 Å². The second-order valence-electron chi connectivity index (χ2n) is 5.44. The molecule has 2 aromatic rings. The first-order valence-corrected chi connectivity index (χ1v) is 8.93. The maximum Gasteiger partial charge on any atom is 0.183 e. The second-order valence-corrected chi connectivity index (χ2v) is 6.65. The molecule has 0 bridgehead atoms. The van der Waals surface area contributed by atoms with E-state index < -0.39 is 0 Å². The van der Waals surface area contributed by atoms with Crippen molar-refractivity contribution >= 4 is 16.5 Å². The minimum Gasteiger partial charge on any atom is -0.375 e. The molecule has 1 aromatic carbocycles. The van der Waals surface area contributed by atoms with Crippen molar-refractivity contribution in [3.05, 3.63) is 46.5 Å². The number of benzene rings is 1. The first-order chi connectivity index (χ1) is 10.8. The molecule has 0 spiro atoms. The molecule has 0 atom stereocenters. The number of unbranched alkanes of at least 4 members (excludes halogenated alkanes) is 2. The maximum absolute atomic E-state index is 5.71. The van der Waals surface area contributed by atoms with Crippen LogP contribution in [0.3, 0.4) is 0 Å². The van der Waals surface area contributed by atoms with Crippen LogP contribution in [0.2, 0.25) is 0 Å². The van der Waals surface area contributed by atoms with E-state index in [0.717, 1.165) is 36.8 Å². The first kappa shape index (κ1) is 17.0. The zero-order valence-corrected chi connectivity index (χ0v) is 14.4. The predicted molar refractivity (Wildman–Crippen MR) is 94.7 cm³/mol. The predicted octanol–water partition coefficient (Wildman–Crippen LogP) is 4.81. The Balaban J connectivity index is 1.72. The molecule has 0 saturated heterocycles. The average Bonchev–Trinajstić information content (AvgIpc) is 2.88. The van der Waals surface area contributed by atoms with Crippen LogP contribution in [-0.2, 0) is 17.8 Å². The minimum atomic E-state index is 0.631. The van der Waals surface area contributed by atoms with Crippen molar-refractivity contribution in [2.45, 2.75) is 46.1 Å². The third-order valence-electron chi connectivity index (χ3n) is 3.56. The number of aryl methyl sites for hydroxylation is 1. The molecule has 1 aromatic heterocycles. The van der Waals surface area contributed by atoms with E-state index in [2.05, 4.69) is 48.4 Å². The average molecular weight is 318 g/mol. The van der Waals surface area contributed by atoms with Crippen molar-refractivity contribution in [1.82, 2.24) is 4.98 Å². The minimum absolute atomic E-state index is 0.631. The highest BCUT2D eigenvalue weighted by Gasteiger charge is 2.07. The van der Waals surface area contributed by atoms with Crippen LogP contribution in [0.5, 0.6) is 0 Å². The molecular formula is C18H26N2OS. The van der Waals surface area contributed by atoms with Gasteiger partial charge in [0.25, 0.3) is 0 Å². The van der Waals surface area contributed by atoms with Gasteiger partial charge in [0.05, 0.1) is 12.3 Å². The van der Waals surface area contributed by atoms with Crippen LogP contribution in [0, 0.1) is 6.92 Å². The molecule has 3 nitrogen and oxygen atoms in total. The molecule has 0 aliphatic carbocycles. The van der Waals surface area contributed by atoms with Crippen molar-refractivity contribution in [3.63, 3.8) is 0 Å². The molecule has 4 heteroatoms. The fourth-order valence-corrected chi connectivity index (χ4v) is 3.06. The smallest absolute Gasteiger partial charge is 0.183 e. The monoisotopic (exact) mass is 318 g/mol. The summed E-state index contributed by atoms with van der Waals surface area (Å²) in [6.45, 7) is 6.70. The van der Waals surface area contributed by atoms with E-state index in [1.54, 1.807) is 11.3 Å². The number of aromatic nitrogens is 1. The van der Waals surface area contributed by atoms with Gasteiger partial charge < -0.3 is 10.1 Å². The summed E-state index contributed by atoms with van der Waals surface area (Å²) in [6.07, 6.45) is 4.63. The molecule has 0 unspecified atom stereocenters. The zero-order valence-electron chi connectivity index (χ0n) is 13.6. The second kappa shape index (κ2) is 9.59. The van der Waals surface area contributed by atoms with E-state index in [0.29, 0.717) is 6.61 Å². The Morgan fingerprint density at radius 2 is 2.00 bits per heavy atom. The summed E-state index contributed by atoms with van der Waals surface area (Å²) < 4.78 is 5.71. The summed E-state index contributed by atoms with van der Waals surface area (Å²) in [5.74, 6) is 0. The topological polar surface area (TPSA) is 34.1 Å². The van der Waals surface area contributed by atoms with Crippen molar-refractivity contribution < 1.29 is 4.74 Å². The lowest BCUT2D eigenvalue weighted by atomic mass is 10.2. The standard InChI is InChI=1S/C18H26N2OS/c1-3-4-8-13-21-14-17-15(2)22-18(20-17)19-12-11-16-9-6-5-7-10-16/h5-7,9-10H,3-4,8,11-14H2,1-2H3,(H,19,20). The Morgan fingerprint density at radius 1 is 1.18 bits per heavy atom. The van der Waals surface area contributed by atoms with E-state index in [-0.39, 0.29) is 0 Å². The first-order valence-electron chi connectivity index (χ1n) is 8.11. The van der Waals surface area contributed by atoms with Crippen LogP contribution in [0.25, 0.3) is 0 Å². The number of rotatable bonds is 10. The molecule has 120 valence electrons. The molecular weight excluding hydrogens is 292 g/mol. The summed E-state index contributed by atoms with van der Waals surface area (Å²) >= 11 is 1.72. The fraction of sp³-hybridized carbons (Fsp3) is 0.500. The number of hydrogen-bond donors (Lipinski definition) is 1. The highest BCUT2D eigenvalue weighted by molar-refractivity contribution is 7.15. The summed E-state index contributed by atoms with van der Waals surface area (Å²) in [7, 11) is 0. The lowest BCUT2D eigenvalue weighted by Crippen LogP contribution is -2.04. The van der Waals surface area contributed by atoms with Gasteiger partial charge in [0.15, 0.2) is 5.13 Å². The SMILES string of the molecule is CCCCCOCc1nc(NCCc2ccccc2)sc1C. The van der Waals surface area contributed by atoms with Crippen LogP contribution >= 0.6 is 11.3 Å².